The Bertz CT molecular complexity index is 540. The van der Waals surface area contributed by atoms with Crippen LogP contribution < -0.4 is 4.74 Å². The molecule has 1 N–H and O–H groups in total. The van der Waals surface area contributed by atoms with Crippen LogP contribution in [0.15, 0.2) is 11.4 Å². The minimum atomic E-state index is -3.12. The van der Waals surface area contributed by atoms with E-state index in [9.17, 15) is 13.5 Å². The molecule has 2 heterocycles. The van der Waals surface area contributed by atoms with Crippen LogP contribution in [0.1, 0.15) is 30.2 Å². The second kappa shape index (κ2) is 6.43. The summed E-state index contributed by atoms with van der Waals surface area (Å²) < 4.78 is 29.8. The molecule has 1 aromatic rings. The Balaban J connectivity index is 1.95. The number of aliphatic hydroxyl groups is 1. The lowest BCUT2D eigenvalue weighted by molar-refractivity contribution is 0.125. The second-order valence-corrected chi connectivity index (χ2v) is 8.19. The van der Waals surface area contributed by atoms with E-state index in [1.54, 1.807) is 7.11 Å². The summed E-state index contributed by atoms with van der Waals surface area (Å²) in [4.78, 5) is 0.873. The van der Waals surface area contributed by atoms with E-state index in [1.165, 1.54) is 21.9 Å². The third-order valence-electron chi connectivity index (χ3n) is 3.67. The van der Waals surface area contributed by atoms with Gasteiger partial charge in [0.15, 0.2) is 0 Å². The zero-order chi connectivity index (χ0) is 14.8. The van der Waals surface area contributed by atoms with Gasteiger partial charge in [-0.05, 0) is 31.2 Å². The first-order chi connectivity index (χ1) is 9.40. The molecule has 0 radical (unpaired) electrons. The highest BCUT2D eigenvalue weighted by Gasteiger charge is 2.27. The molecule has 7 heteroatoms. The summed E-state index contributed by atoms with van der Waals surface area (Å²) >= 11 is 1.47. The second-order valence-electron chi connectivity index (χ2n) is 5.27. The highest BCUT2D eigenvalue weighted by Crippen LogP contribution is 2.33. The van der Waals surface area contributed by atoms with E-state index in [0.717, 1.165) is 23.5 Å². The lowest BCUT2D eigenvalue weighted by Crippen LogP contribution is -2.39. The van der Waals surface area contributed by atoms with Gasteiger partial charge in [0.2, 0.25) is 10.0 Å². The molecular weight excluding hydrogens is 298 g/mol. The SMILES string of the molecule is COc1csc(C(O)CC2CCCN(S(C)(=O)=O)C2)c1. The molecule has 0 aromatic carbocycles. The third kappa shape index (κ3) is 3.94. The summed E-state index contributed by atoms with van der Waals surface area (Å²) in [6.45, 7) is 1.11. The average molecular weight is 319 g/mol. The highest BCUT2D eigenvalue weighted by molar-refractivity contribution is 7.88. The number of aliphatic hydroxyl groups excluding tert-OH is 1. The number of methoxy groups -OCH3 is 1. The van der Waals surface area contributed by atoms with Crippen LogP contribution in [0.2, 0.25) is 0 Å². The van der Waals surface area contributed by atoms with Gasteiger partial charge in [0.1, 0.15) is 5.75 Å². The number of ether oxygens (including phenoxy) is 1. The molecule has 114 valence electrons. The first kappa shape index (κ1) is 15.8. The number of hydrogen-bond donors (Lipinski definition) is 1. The Morgan fingerprint density at radius 1 is 1.60 bits per heavy atom. The fourth-order valence-corrected chi connectivity index (χ4v) is 4.36. The molecule has 0 saturated carbocycles. The molecule has 1 fully saturated rings. The quantitative estimate of drug-likeness (QED) is 0.899. The topological polar surface area (TPSA) is 66.8 Å². The lowest BCUT2D eigenvalue weighted by atomic mass is 9.93. The molecule has 1 saturated heterocycles. The Morgan fingerprint density at radius 2 is 2.35 bits per heavy atom. The Kier molecular flexibility index (Phi) is 5.06. The van der Waals surface area contributed by atoms with Gasteiger partial charge in [-0.2, -0.15) is 0 Å². The fourth-order valence-electron chi connectivity index (χ4n) is 2.57. The lowest BCUT2D eigenvalue weighted by Gasteiger charge is -2.31. The molecule has 0 amide bonds. The Labute approximate surface area is 124 Å². The van der Waals surface area contributed by atoms with Crippen molar-refractivity contribution in [1.29, 1.82) is 0 Å². The zero-order valence-corrected chi connectivity index (χ0v) is 13.4. The molecule has 2 atom stereocenters. The van der Waals surface area contributed by atoms with Crippen molar-refractivity contribution in [2.24, 2.45) is 5.92 Å². The van der Waals surface area contributed by atoms with Crippen LogP contribution in [0.25, 0.3) is 0 Å². The van der Waals surface area contributed by atoms with E-state index >= 15 is 0 Å². The summed E-state index contributed by atoms with van der Waals surface area (Å²) in [5.41, 5.74) is 0. The van der Waals surface area contributed by atoms with Gasteiger partial charge >= 0.3 is 0 Å². The van der Waals surface area contributed by atoms with Crippen molar-refractivity contribution in [3.63, 3.8) is 0 Å². The number of sulfonamides is 1. The smallest absolute Gasteiger partial charge is 0.211 e. The molecule has 2 unspecified atom stereocenters. The van der Waals surface area contributed by atoms with Gasteiger partial charge in [0.05, 0.1) is 19.5 Å². The van der Waals surface area contributed by atoms with Crippen LogP contribution in [-0.4, -0.2) is 44.3 Å². The molecule has 0 bridgehead atoms. The number of nitrogens with zero attached hydrogens (tertiary/aromatic N) is 1. The zero-order valence-electron chi connectivity index (χ0n) is 11.8. The predicted octanol–water partition coefficient (Wildman–Crippen LogP) is 1.85. The maximum atomic E-state index is 11.6. The van der Waals surface area contributed by atoms with E-state index in [4.69, 9.17) is 4.74 Å². The van der Waals surface area contributed by atoms with Crippen molar-refractivity contribution in [2.45, 2.75) is 25.4 Å². The maximum Gasteiger partial charge on any atom is 0.211 e. The average Bonchev–Trinajstić information content (AvgIpc) is 2.87. The summed E-state index contributed by atoms with van der Waals surface area (Å²) in [5, 5.41) is 12.1. The largest absolute Gasteiger partial charge is 0.496 e. The maximum absolute atomic E-state index is 11.6. The first-order valence-electron chi connectivity index (χ1n) is 6.65. The normalized spacial score (nSPS) is 22.6. The van der Waals surface area contributed by atoms with E-state index in [-0.39, 0.29) is 5.92 Å². The Morgan fingerprint density at radius 3 is 2.95 bits per heavy atom. The van der Waals surface area contributed by atoms with E-state index in [0.29, 0.717) is 19.5 Å². The van der Waals surface area contributed by atoms with Gasteiger partial charge in [0.25, 0.3) is 0 Å². The highest BCUT2D eigenvalue weighted by atomic mass is 32.2. The van der Waals surface area contributed by atoms with Gasteiger partial charge in [-0.15, -0.1) is 11.3 Å². The van der Waals surface area contributed by atoms with Gasteiger partial charge in [0, 0.05) is 23.3 Å². The van der Waals surface area contributed by atoms with E-state index < -0.39 is 16.1 Å². The van der Waals surface area contributed by atoms with Gasteiger partial charge in [-0.3, -0.25) is 0 Å². The third-order valence-corrected chi connectivity index (χ3v) is 5.95. The summed E-state index contributed by atoms with van der Waals surface area (Å²) in [6, 6.07) is 1.84. The number of piperidine rings is 1. The van der Waals surface area contributed by atoms with Crippen LogP contribution in [0.4, 0.5) is 0 Å². The summed E-state index contributed by atoms with van der Waals surface area (Å²) in [7, 11) is -1.52. The van der Waals surface area contributed by atoms with Crippen molar-refractivity contribution >= 4 is 21.4 Å². The van der Waals surface area contributed by atoms with Crippen molar-refractivity contribution in [3.8, 4) is 5.75 Å². The summed E-state index contributed by atoms with van der Waals surface area (Å²) in [6.07, 6.45) is 3.11. The molecule has 5 nitrogen and oxygen atoms in total. The standard InChI is InChI=1S/C13H21NO4S2/c1-18-11-7-13(19-9-11)12(15)6-10-4-3-5-14(8-10)20(2,16)17/h7,9-10,12,15H,3-6,8H2,1-2H3. The molecule has 1 aliphatic heterocycles. The van der Waals surface area contributed by atoms with Gasteiger partial charge in [-0.1, -0.05) is 0 Å². The minimum Gasteiger partial charge on any atom is -0.496 e. The van der Waals surface area contributed by atoms with Crippen molar-refractivity contribution < 1.29 is 18.3 Å². The van der Waals surface area contributed by atoms with E-state index in [1.807, 2.05) is 11.4 Å². The number of rotatable bonds is 5. The van der Waals surface area contributed by atoms with Crippen molar-refractivity contribution in [3.05, 3.63) is 16.3 Å². The van der Waals surface area contributed by atoms with Gasteiger partial charge in [-0.25, -0.2) is 12.7 Å². The van der Waals surface area contributed by atoms with Crippen LogP contribution in [-0.2, 0) is 10.0 Å². The van der Waals surface area contributed by atoms with Crippen LogP contribution in [0.5, 0.6) is 5.75 Å². The fraction of sp³-hybridized carbons (Fsp3) is 0.692. The molecular formula is C13H21NO4S2. The molecule has 2 rings (SSSR count). The number of hydrogen-bond acceptors (Lipinski definition) is 5. The van der Waals surface area contributed by atoms with Crippen LogP contribution in [0, 0.1) is 5.92 Å². The van der Waals surface area contributed by atoms with E-state index in [2.05, 4.69) is 0 Å². The molecule has 1 aromatic heterocycles. The van der Waals surface area contributed by atoms with Gasteiger partial charge < -0.3 is 9.84 Å². The minimum absolute atomic E-state index is 0.210. The number of thiophene rings is 1. The molecule has 0 spiro atoms. The van der Waals surface area contributed by atoms with Crippen LogP contribution in [0.3, 0.4) is 0 Å². The van der Waals surface area contributed by atoms with Crippen molar-refractivity contribution in [2.75, 3.05) is 26.5 Å². The first-order valence-corrected chi connectivity index (χ1v) is 9.38. The predicted molar refractivity (Wildman–Crippen MR) is 79.6 cm³/mol. The Hall–Kier alpha value is -0.630. The van der Waals surface area contributed by atoms with Crippen LogP contribution >= 0.6 is 11.3 Å². The summed E-state index contributed by atoms with van der Waals surface area (Å²) in [5.74, 6) is 0.965. The monoisotopic (exact) mass is 319 g/mol. The molecule has 1 aliphatic rings. The molecule has 20 heavy (non-hydrogen) atoms. The molecule has 0 aliphatic carbocycles. The van der Waals surface area contributed by atoms with Crippen molar-refractivity contribution in [1.82, 2.24) is 4.31 Å².